The van der Waals surface area contributed by atoms with Crippen LogP contribution < -0.4 is 5.30 Å². The minimum Gasteiger partial charge on any atom is -0.226 e. The molecule has 0 saturated carbocycles. The van der Waals surface area contributed by atoms with E-state index in [1.165, 1.54) is 10.9 Å². The van der Waals surface area contributed by atoms with Crippen molar-refractivity contribution < 1.29 is 0 Å². The van der Waals surface area contributed by atoms with Crippen molar-refractivity contribution in [3.63, 3.8) is 0 Å². The van der Waals surface area contributed by atoms with Crippen molar-refractivity contribution in [2.75, 3.05) is 0 Å². The maximum atomic E-state index is 5.81. The number of benzene rings is 1. The van der Waals surface area contributed by atoms with E-state index in [2.05, 4.69) is 44.3 Å². The number of aryl methyl sites for hydroxylation is 2. The fourth-order valence-electron chi connectivity index (χ4n) is 1.50. The standard InChI is InChI=1S/C12H12ClN2P/c1-7-3-4-9(5-10(7)16)11-8(2)6-14-12(13)15-11/h3-6H,16H2,1-2H3. The van der Waals surface area contributed by atoms with Crippen LogP contribution in [0.15, 0.2) is 24.4 Å². The largest absolute Gasteiger partial charge is 0.226 e. The molecular formula is C12H12ClN2P. The van der Waals surface area contributed by atoms with E-state index >= 15 is 0 Å². The molecule has 1 atom stereocenters. The van der Waals surface area contributed by atoms with Gasteiger partial charge in [-0.15, -0.1) is 9.24 Å². The molecule has 0 fully saturated rings. The van der Waals surface area contributed by atoms with Crippen molar-refractivity contribution in [1.29, 1.82) is 0 Å². The van der Waals surface area contributed by atoms with Gasteiger partial charge in [0.1, 0.15) is 0 Å². The van der Waals surface area contributed by atoms with Crippen LogP contribution in [0.25, 0.3) is 11.3 Å². The van der Waals surface area contributed by atoms with Crippen molar-refractivity contribution in [2.45, 2.75) is 13.8 Å². The number of hydrogen-bond acceptors (Lipinski definition) is 2. The molecule has 2 nitrogen and oxygen atoms in total. The first kappa shape index (κ1) is 11.5. The number of aromatic nitrogens is 2. The van der Waals surface area contributed by atoms with Crippen LogP contribution in [0.4, 0.5) is 0 Å². The summed E-state index contributed by atoms with van der Waals surface area (Å²) in [6.45, 7) is 4.06. The Bertz CT molecular complexity index is 541. The maximum absolute atomic E-state index is 5.81. The zero-order valence-electron chi connectivity index (χ0n) is 9.16. The third-order valence-electron chi connectivity index (χ3n) is 2.49. The van der Waals surface area contributed by atoms with Crippen LogP contribution in [-0.2, 0) is 0 Å². The van der Waals surface area contributed by atoms with Gasteiger partial charge < -0.3 is 0 Å². The van der Waals surface area contributed by atoms with Gasteiger partial charge in [0.2, 0.25) is 5.28 Å². The van der Waals surface area contributed by atoms with Crippen LogP contribution in [-0.4, -0.2) is 9.97 Å². The van der Waals surface area contributed by atoms with Crippen molar-refractivity contribution in [1.82, 2.24) is 9.97 Å². The number of hydrogen-bond donors (Lipinski definition) is 0. The molecule has 0 radical (unpaired) electrons. The molecule has 2 rings (SSSR count). The Morgan fingerprint density at radius 3 is 2.62 bits per heavy atom. The van der Waals surface area contributed by atoms with E-state index in [-0.39, 0.29) is 5.28 Å². The Kier molecular flexibility index (Phi) is 3.22. The monoisotopic (exact) mass is 250 g/mol. The minimum absolute atomic E-state index is 0.284. The van der Waals surface area contributed by atoms with Gasteiger partial charge >= 0.3 is 0 Å². The van der Waals surface area contributed by atoms with Crippen LogP contribution in [0.5, 0.6) is 0 Å². The molecule has 0 amide bonds. The van der Waals surface area contributed by atoms with E-state index in [4.69, 9.17) is 11.6 Å². The van der Waals surface area contributed by atoms with Gasteiger partial charge in [0.05, 0.1) is 5.69 Å². The van der Waals surface area contributed by atoms with E-state index in [1.807, 2.05) is 6.92 Å². The highest BCUT2D eigenvalue weighted by Crippen LogP contribution is 2.22. The van der Waals surface area contributed by atoms with Crippen LogP contribution >= 0.6 is 20.8 Å². The van der Waals surface area contributed by atoms with Gasteiger partial charge in [-0.3, -0.25) is 0 Å². The SMILES string of the molecule is Cc1ccc(-c2nc(Cl)ncc2C)cc1P. The molecule has 4 heteroatoms. The lowest BCUT2D eigenvalue weighted by Crippen LogP contribution is -1.99. The topological polar surface area (TPSA) is 25.8 Å². The summed E-state index contributed by atoms with van der Waals surface area (Å²) >= 11 is 5.81. The summed E-state index contributed by atoms with van der Waals surface area (Å²) in [5.41, 5.74) is 4.23. The maximum Gasteiger partial charge on any atom is 0.222 e. The van der Waals surface area contributed by atoms with Crippen molar-refractivity contribution in [3.05, 3.63) is 40.8 Å². The van der Waals surface area contributed by atoms with E-state index in [0.29, 0.717) is 0 Å². The van der Waals surface area contributed by atoms with Crippen molar-refractivity contribution in [2.24, 2.45) is 0 Å². The number of rotatable bonds is 1. The van der Waals surface area contributed by atoms with E-state index < -0.39 is 0 Å². The Balaban J connectivity index is 2.58. The summed E-state index contributed by atoms with van der Waals surface area (Å²) < 4.78 is 0. The first-order chi connectivity index (χ1) is 7.58. The molecule has 0 N–H and O–H groups in total. The summed E-state index contributed by atoms with van der Waals surface area (Å²) in [7, 11) is 2.72. The number of halogens is 1. The zero-order valence-corrected chi connectivity index (χ0v) is 11.1. The average Bonchev–Trinajstić information content (AvgIpc) is 2.26. The lowest BCUT2D eigenvalue weighted by atomic mass is 10.1. The molecule has 0 bridgehead atoms. The molecule has 1 aromatic carbocycles. The summed E-state index contributed by atoms with van der Waals surface area (Å²) in [6.07, 6.45) is 1.74. The van der Waals surface area contributed by atoms with Gasteiger partial charge in [0.25, 0.3) is 0 Å². The predicted octanol–water partition coefficient (Wildman–Crippen LogP) is 2.91. The van der Waals surface area contributed by atoms with Gasteiger partial charge in [-0.05, 0) is 47.9 Å². The highest BCUT2D eigenvalue weighted by atomic mass is 35.5. The van der Waals surface area contributed by atoms with Crippen LogP contribution in [0.2, 0.25) is 5.28 Å². The van der Waals surface area contributed by atoms with Crippen LogP contribution in [0.3, 0.4) is 0 Å². The summed E-state index contributed by atoms with van der Waals surface area (Å²) in [5.74, 6) is 0. The zero-order chi connectivity index (χ0) is 11.7. The summed E-state index contributed by atoms with van der Waals surface area (Å²) in [6, 6.07) is 6.22. The van der Waals surface area contributed by atoms with Crippen LogP contribution in [0.1, 0.15) is 11.1 Å². The molecule has 0 saturated heterocycles. The second kappa shape index (κ2) is 4.48. The average molecular weight is 251 g/mol. The molecule has 16 heavy (non-hydrogen) atoms. The molecule has 1 aromatic heterocycles. The third kappa shape index (κ3) is 2.23. The number of nitrogens with zero attached hydrogens (tertiary/aromatic N) is 2. The smallest absolute Gasteiger partial charge is 0.222 e. The van der Waals surface area contributed by atoms with Gasteiger partial charge in [0, 0.05) is 11.8 Å². The van der Waals surface area contributed by atoms with E-state index in [0.717, 1.165) is 16.8 Å². The summed E-state index contributed by atoms with van der Waals surface area (Å²) in [5, 5.41) is 1.46. The highest BCUT2D eigenvalue weighted by molar-refractivity contribution is 7.27. The highest BCUT2D eigenvalue weighted by Gasteiger charge is 2.06. The van der Waals surface area contributed by atoms with Gasteiger partial charge in [0.15, 0.2) is 0 Å². The van der Waals surface area contributed by atoms with Gasteiger partial charge in [-0.25, -0.2) is 9.97 Å². The Labute approximate surface area is 102 Å². The first-order valence-electron chi connectivity index (χ1n) is 4.93. The lowest BCUT2D eigenvalue weighted by molar-refractivity contribution is 1.13. The molecule has 82 valence electrons. The lowest BCUT2D eigenvalue weighted by Gasteiger charge is -2.07. The second-order valence-electron chi connectivity index (χ2n) is 3.74. The fraction of sp³-hybridized carbons (Fsp3) is 0.167. The van der Waals surface area contributed by atoms with Crippen molar-refractivity contribution in [3.8, 4) is 11.3 Å². The molecule has 1 heterocycles. The molecule has 1 unspecified atom stereocenters. The molecule has 0 aliphatic carbocycles. The minimum atomic E-state index is 0.284. The predicted molar refractivity (Wildman–Crippen MR) is 71.3 cm³/mol. The summed E-state index contributed by atoms with van der Waals surface area (Å²) in [4.78, 5) is 8.21. The van der Waals surface area contributed by atoms with Gasteiger partial charge in [-0.2, -0.15) is 0 Å². The molecule has 0 spiro atoms. The molecular weight excluding hydrogens is 239 g/mol. The Morgan fingerprint density at radius 1 is 1.19 bits per heavy atom. The van der Waals surface area contributed by atoms with Gasteiger partial charge in [-0.1, -0.05) is 12.1 Å². The third-order valence-corrected chi connectivity index (χ3v) is 3.30. The van der Waals surface area contributed by atoms with E-state index in [1.54, 1.807) is 6.20 Å². The van der Waals surface area contributed by atoms with Crippen molar-refractivity contribution >= 4 is 26.1 Å². The Morgan fingerprint density at radius 2 is 1.94 bits per heavy atom. The van der Waals surface area contributed by atoms with Crippen LogP contribution in [0, 0.1) is 13.8 Å². The Hall–Kier alpha value is -0.980. The first-order valence-corrected chi connectivity index (χ1v) is 5.89. The normalized spacial score (nSPS) is 10.5. The molecule has 2 aromatic rings. The van der Waals surface area contributed by atoms with E-state index in [9.17, 15) is 0 Å². The fourth-order valence-corrected chi connectivity index (χ4v) is 1.91. The quantitative estimate of drug-likeness (QED) is 0.575. The molecule has 0 aliphatic rings. The second-order valence-corrected chi connectivity index (χ2v) is 4.70. The molecule has 0 aliphatic heterocycles.